The molecule has 0 bridgehead atoms. The van der Waals surface area contributed by atoms with E-state index >= 15 is 0 Å². The average Bonchev–Trinajstić information content (AvgIpc) is 2.85. The van der Waals surface area contributed by atoms with E-state index < -0.39 is 26.7 Å². The number of rotatable bonds is 6. The Hall–Kier alpha value is -2.70. The summed E-state index contributed by atoms with van der Waals surface area (Å²) in [5, 5.41) is 25.4. The molecular formula is C25H18Cl2N3NaO6S. The van der Waals surface area contributed by atoms with Crippen molar-refractivity contribution in [1.29, 1.82) is 0 Å². The largest absolute Gasteiger partial charge is 1.00 e. The zero-order valence-corrected chi connectivity index (χ0v) is 24.6. The maximum atomic E-state index is 13.4. The summed E-state index contributed by atoms with van der Waals surface area (Å²) in [7, 11) is -3.10. The fourth-order valence-electron chi connectivity index (χ4n) is 3.56. The van der Waals surface area contributed by atoms with Crippen molar-refractivity contribution in [3.8, 4) is 11.5 Å². The molecule has 4 aromatic carbocycles. The number of benzene rings is 4. The maximum absolute atomic E-state index is 13.4. The van der Waals surface area contributed by atoms with Crippen molar-refractivity contribution in [3.63, 3.8) is 0 Å². The molecule has 190 valence electrons. The van der Waals surface area contributed by atoms with Crippen molar-refractivity contribution in [2.45, 2.75) is 11.8 Å². The number of hydrogen-bond acceptors (Lipinski definition) is 7. The molecule has 0 spiro atoms. The third-order valence-electron chi connectivity index (χ3n) is 5.39. The van der Waals surface area contributed by atoms with Crippen LogP contribution in [-0.2, 0) is 10.1 Å². The number of carbonyl (C=O) groups is 1. The third kappa shape index (κ3) is 6.29. The molecule has 0 saturated heterocycles. The van der Waals surface area contributed by atoms with E-state index in [4.69, 9.17) is 27.9 Å². The number of methoxy groups -OCH3 is 1. The minimum atomic E-state index is -4.54. The third-order valence-corrected chi connectivity index (χ3v) is 7.03. The number of amides is 1. The van der Waals surface area contributed by atoms with Gasteiger partial charge in [-0.3, -0.25) is 9.35 Å². The van der Waals surface area contributed by atoms with Crippen LogP contribution in [0.15, 0.2) is 75.8 Å². The van der Waals surface area contributed by atoms with Gasteiger partial charge in [0.05, 0.1) is 27.7 Å². The van der Waals surface area contributed by atoms with Crippen molar-refractivity contribution in [2.75, 3.05) is 12.4 Å². The van der Waals surface area contributed by atoms with Crippen molar-refractivity contribution >= 4 is 67.1 Å². The van der Waals surface area contributed by atoms with E-state index in [1.54, 1.807) is 36.4 Å². The number of nitrogens with zero attached hydrogens (tertiary/aromatic N) is 2. The monoisotopic (exact) mass is 581 g/mol. The zero-order chi connectivity index (χ0) is 26.9. The van der Waals surface area contributed by atoms with Gasteiger partial charge >= 0.3 is 29.6 Å². The summed E-state index contributed by atoms with van der Waals surface area (Å²) in [5.41, 5.74) is 0.245. The standard InChI is InChI=1S/C25H19Cl2N3O6S.Na/c1-13-9-16(37(33,34)35)12-20(22(13)27)29-30-23-17-6-4-3-5-14(17)10-18(24(23)31)25(32)28-15-7-8-19(26)21(11-15)36-2;/h3-12,31H,1-2H3,(H,28,32)(H,33,34,35);/q;+1/p-1. The molecule has 0 radical (unpaired) electrons. The molecule has 0 fully saturated rings. The van der Waals surface area contributed by atoms with Crippen LogP contribution >= 0.6 is 23.2 Å². The summed E-state index contributed by atoms with van der Waals surface area (Å²) in [4.78, 5) is 12.6. The second-order valence-electron chi connectivity index (χ2n) is 7.87. The summed E-state index contributed by atoms with van der Waals surface area (Å²) in [5.74, 6) is -1.06. The Morgan fingerprint density at radius 1 is 1.05 bits per heavy atom. The molecule has 0 unspecified atom stereocenters. The number of azo groups is 1. The van der Waals surface area contributed by atoms with Gasteiger partial charge < -0.3 is 15.2 Å². The first-order valence-corrected chi connectivity index (χ1v) is 12.8. The van der Waals surface area contributed by atoms with Gasteiger partial charge in [-0.1, -0.05) is 53.2 Å². The number of anilines is 1. The number of nitrogens with one attached hydrogen (secondary N) is 1. The van der Waals surface area contributed by atoms with Crippen LogP contribution < -0.4 is 44.7 Å². The fraction of sp³-hybridized carbons (Fsp3) is 0.0800. The van der Waals surface area contributed by atoms with E-state index in [1.807, 2.05) is 0 Å². The van der Waals surface area contributed by atoms with E-state index in [-0.39, 0.29) is 51.5 Å². The summed E-state index contributed by atoms with van der Waals surface area (Å²) < 4.78 is 37.8. The number of halogens is 2. The van der Waals surface area contributed by atoms with Gasteiger partial charge in [-0.2, -0.15) is 13.5 Å². The van der Waals surface area contributed by atoms with Crippen LogP contribution in [0.4, 0.5) is 17.1 Å². The van der Waals surface area contributed by atoms with Gasteiger partial charge in [-0.15, -0.1) is 5.11 Å². The molecule has 0 saturated carbocycles. The van der Waals surface area contributed by atoms with Crippen LogP contribution in [-0.4, -0.2) is 26.0 Å². The molecular weight excluding hydrogens is 564 g/mol. The Morgan fingerprint density at radius 2 is 1.76 bits per heavy atom. The molecule has 0 aliphatic carbocycles. The molecule has 0 aliphatic heterocycles. The fourth-order valence-corrected chi connectivity index (χ4v) is 4.49. The average molecular weight is 582 g/mol. The van der Waals surface area contributed by atoms with Crippen LogP contribution in [0.25, 0.3) is 10.8 Å². The molecule has 13 heteroatoms. The van der Waals surface area contributed by atoms with Crippen molar-refractivity contribution in [1.82, 2.24) is 0 Å². The SMILES string of the molecule is COc1cc(NC(=O)c2cc3ccccc3c(N=Nc3cc(S(=O)(=O)O)cc(C)c3Cl)c2[O-])ccc1Cl.[Na+]. The van der Waals surface area contributed by atoms with Crippen molar-refractivity contribution < 1.29 is 57.2 Å². The summed E-state index contributed by atoms with van der Waals surface area (Å²) in [6.07, 6.45) is 0. The van der Waals surface area contributed by atoms with Crippen molar-refractivity contribution in [2.24, 2.45) is 10.2 Å². The molecule has 2 N–H and O–H groups in total. The van der Waals surface area contributed by atoms with Gasteiger partial charge in [-0.25, -0.2) is 0 Å². The van der Waals surface area contributed by atoms with E-state index in [9.17, 15) is 22.9 Å². The molecule has 0 atom stereocenters. The number of carbonyl (C=O) groups excluding carboxylic acids is 1. The van der Waals surface area contributed by atoms with Crippen LogP contribution in [0.5, 0.6) is 11.5 Å². The smallest absolute Gasteiger partial charge is 0.870 e. The first kappa shape index (κ1) is 29.9. The van der Waals surface area contributed by atoms with Crippen molar-refractivity contribution in [3.05, 3.63) is 81.8 Å². The molecule has 4 rings (SSSR count). The molecule has 0 aromatic heterocycles. The Morgan fingerprint density at radius 3 is 2.45 bits per heavy atom. The van der Waals surface area contributed by atoms with E-state index in [2.05, 4.69) is 15.5 Å². The van der Waals surface area contributed by atoms with Crippen LogP contribution in [0.2, 0.25) is 10.0 Å². The summed E-state index contributed by atoms with van der Waals surface area (Å²) in [6, 6.07) is 15.0. The Balaban J connectivity index is 0.00000400. The van der Waals surface area contributed by atoms with E-state index in [0.29, 0.717) is 32.8 Å². The summed E-state index contributed by atoms with van der Waals surface area (Å²) >= 11 is 12.3. The van der Waals surface area contributed by atoms with E-state index in [0.717, 1.165) is 6.07 Å². The molecule has 0 aliphatic rings. The molecule has 1 amide bonds. The number of aryl methyl sites for hydroxylation is 1. The molecule has 9 nitrogen and oxygen atoms in total. The molecule has 0 heterocycles. The predicted molar refractivity (Wildman–Crippen MR) is 140 cm³/mol. The van der Waals surface area contributed by atoms with Crippen LogP contribution in [0.3, 0.4) is 0 Å². The van der Waals surface area contributed by atoms with Gasteiger partial charge in [0.15, 0.2) is 0 Å². The maximum Gasteiger partial charge on any atom is 1.00 e. The Kier molecular flexibility index (Phi) is 9.43. The quantitative estimate of drug-likeness (QED) is 0.203. The summed E-state index contributed by atoms with van der Waals surface area (Å²) in [6.45, 7) is 1.53. The van der Waals surface area contributed by atoms with Gasteiger partial charge in [0.2, 0.25) is 0 Å². The number of fused-ring (bicyclic) bond motifs is 1. The second-order valence-corrected chi connectivity index (χ2v) is 10.1. The predicted octanol–water partition coefficient (Wildman–Crippen LogP) is 3.46. The minimum absolute atomic E-state index is 0. The van der Waals surface area contributed by atoms with Gasteiger partial charge in [0, 0.05) is 22.7 Å². The minimum Gasteiger partial charge on any atom is -0.870 e. The van der Waals surface area contributed by atoms with Gasteiger partial charge in [0.25, 0.3) is 16.0 Å². The molecule has 4 aromatic rings. The Labute approximate surface area is 250 Å². The second kappa shape index (κ2) is 12.0. The van der Waals surface area contributed by atoms with Gasteiger partial charge in [-0.05, 0) is 48.2 Å². The molecule has 38 heavy (non-hydrogen) atoms. The first-order valence-electron chi connectivity index (χ1n) is 10.6. The normalized spacial score (nSPS) is 11.4. The number of hydrogen-bond donors (Lipinski definition) is 2. The van der Waals surface area contributed by atoms with Crippen LogP contribution in [0.1, 0.15) is 15.9 Å². The Bertz CT molecular complexity index is 1700. The van der Waals surface area contributed by atoms with Crippen LogP contribution in [0, 0.1) is 6.92 Å². The van der Waals surface area contributed by atoms with Gasteiger partial charge in [0.1, 0.15) is 11.4 Å². The van der Waals surface area contributed by atoms with E-state index in [1.165, 1.54) is 32.2 Å². The zero-order valence-electron chi connectivity index (χ0n) is 20.3. The number of ether oxygens (including phenoxy) is 1. The topological polar surface area (TPSA) is 140 Å². The first-order chi connectivity index (χ1) is 17.5.